The predicted molar refractivity (Wildman–Crippen MR) is 62.8 cm³/mol. The molecule has 2 aliphatic rings. The van der Waals surface area contributed by atoms with Gasteiger partial charge in [0.05, 0.1) is 6.61 Å². The Kier molecular flexibility index (Phi) is 3.36. The van der Waals surface area contributed by atoms with Crippen LogP contribution in [-0.2, 0) is 0 Å². The smallest absolute Gasteiger partial charge is 0.0615 e. The number of nitrogens with zero attached hydrogens (tertiary/aromatic N) is 1. The second-order valence-corrected chi connectivity index (χ2v) is 5.85. The van der Waals surface area contributed by atoms with Gasteiger partial charge in [0.2, 0.25) is 0 Å². The van der Waals surface area contributed by atoms with Crippen LogP contribution in [-0.4, -0.2) is 35.2 Å². The third-order valence-electron chi connectivity index (χ3n) is 4.60. The number of rotatable bonds is 3. The minimum atomic E-state index is 0.170. The summed E-state index contributed by atoms with van der Waals surface area (Å²) in [4.78, 5) is 2.55. The zero-order valence-electron chi connectivity index (χ0n) is 10.2. The molecule has 15 heavy (non-hydrogen) atoms. The Morgan fingerprint density at radius 3 is 2.27 bits per heavy atom. The highest BCUT2D eigenvalue weighted by molar-refractivity contribution is 4.99. The van der Waals surface area contributed by atoms with Gasteiger partial charge in [-0.15, -0.1) is 0 Å². The molecule has 1 saturated carbocycles. The molecule has 1 heterocycles. The normalized spacial score (nSPS) is 28.0. The minimum absolute atomic E-state index is 0.170. The van der Waals surface area contributed by atoms with Gasteiger partial charge in [0, 0.05) is 18.6 Å². The van der Waals surface area contributed by atoms with Gasteiger partial charge >= 0.3 is 0 Å². The summed E-state index contributed by atoms with van der Waals surface area (Å²) in [6, 6.07) is 0. The first kappa shape index (κ1) is 11.4. The molecule has 1 saturated heterocycles. The average molecular weight is 211 g/mol. The van der Waals surface area contributed by atoms with Gasteiger partial charge in [0.25, 0.3) is 0 Å². The Hall–Kier alpha value is -0.0800. The lowest BCUT2D eigenvalue weighted by atomic mass is 9.76. The molecule has 1 aliphatic carbocycles. The first-order valence-corrected chi connectivity index (χ1v) is 6.54. The van der Waals surface area contributed by atoms with E-state index >= 15 is 0 Å². The van der Waals surface area contributed by atoms with E-state index in [-0.39, 0.29) is 5.54 Å². The summed E-state index contributed by atoms with van der Waals surface area (Å²) in [5.41, 5.74) is 0.170. The fourth-order valence-corrected chi connectivity index (χ4v) is 3.11. The maximum Gasteiger partial charge on any atom is 0.0615 e. The number of hydrogen-bond donors (Lipinski definition) is 1. The van der Waals surface area contributed by atoms with Crippen molar-refractivity contribution in [1.29, 1.82) is 0 Å². The Labute approximate surface area is 93.7 Å². The zero-order chi connectivity index (χ0) is 10.9. The van der Waals surface area contributed by atoms with Crippen LogP contribution in [0.25, 0.3) is 0 Å². The summed E-state index contributed by atoms with van der Waals surface area (Å²) in [5.74, 6) is 1.68. The largest absolute Gasteiger partial charge is 0.394 e. The van der Waals surface area contributed by atoms with Gasteiger partial charge in [-0.05, 0) is 24.7 Å². The van der Waals surface area contributed by atoms with Crippen molar-refractivity contribution in [3.05, 3.63) is 0 Å². The van der Waals surface area contributed by atoms with Crippen molar-refractivity contribution in [2.45, 2.75) is 51.5 Å². The highest BCUT2D eigenvalue weighted by Crippen LogP contribution is 2.39. The van der Waals surface area contributed by atoms with Crippen LogP contribution < -0.4 is 0 Å². The lowest BCUT2D eigenvalue weighted by molar-refractivity contribution is -0.0769. The summed E-state index contributed by atoms with van der Waals surface area (Å²) in [6.45, 7) is 7.44. The van der Waals surface area contributed by atoms with Crippen LogP contribution >= 0.6 is 0 Å². The van der Waals surface area contributed by atoms with E-state index < -0.39 is 0 Å². The Morgan fingerprint density at radius 1 is 1.20 bits per heavy atom. The average Bonchev–Trinajstić information content (AvgIpc) is 2.16. The maximum atomic E-state index is 9.66. The topological polar surface area (TPSA) is 23.5 Å². The van der Waals surface area contributed by atoms with Gasteiger partial charge in [0.1, 0.15) is 0 Å². The molecule has 0 spiro atoms. The Morgan fingerprint density at radius 2 is 1.80 bits per heavy atom. The molecule has 2 rings (SSSR count). The van der Waals surface area contributed by atoms with Gasteiger partial charge in [-0.25, -0.2) is 0 Å². The second-order valence-electron chi connectivity index (χ2n) is 5.85. The summed E-state index contributed by atoms with van der Waals surface area (Å²) >= 11 is 0. The van der Waals surface area contributed by atoms with Crippen LogP contribution in [0.15, 0.2) is 0 Å². The van der Waals surface area contributed by atoms with Crippen LogP contribution in [0, 0.1) is 11.8 Å². The molecule has 2 nitrogen and oxygen atoms in total. The Balaban J connectivity index is 1.91. The van der Waals surface area contributed by atoms with Crippen molar-refractivity contribution >= 4 is 0 Å². The molecule has 1 aliphatic heterocycles. The van der Waals surface area contributed by atoms with Gasteiger partial charge in [-0.3, -0.25) is 4.90 Å². The lowest BCUT2D eigenvalue weighted by Gasteiger charge is -2.54. The van der Waals surface area contributed by atoms with E-state index in [4.69, 9.17) is 0 Å². The molecule has 0 amide bonds. The molecule has 0 unspecified atom stereocenters. The molecule has 1 N–H and O–H groups in total. The lowest BCUT2D eigenvalue weighted by Crippen LogP contribution is -2.63. The highest BCUT2D eigenvalue weighted by Gasteiger charge is 2.44. The van der Waals surface area contributed by atoms with E-state index in [2.05, 4.69) is 18.7 Å². The summed E-state index contributed by atoms with van der Waals surface area (Å²) < 4.78 is 0. The molecule has 0 radical (unpaired) electrons. The fourth-order valence-electron chi connectivity index (χ4n) is 3.11. The van der Waals surface area contributed by atoms with E-state index in [1.54, 1.807) is 0 Å². The molecule has 0 aromatic carbocycles. The van der Waals surface area contributed by atoms with Crippen molar-refractivity contribution in [1.82, 2.24) is 4.90 Å². The van der Waals surface area contributed by atoms with Crippen LogP contribution in [0.1, 0.15) is 46.0 Å². The molecule has 88 valence electrons. The van der Waals surface area contributed by atoms with Crippen LogP contribution in [0.4, 0.5) is 0 Å². The Bertz CT molecular complexity index is 203. The maximum absolute atomic E-state index is 9.66. The third kappa shape index (κ3) is 2.07. The predicted octanol–water partition coefficient (Wildman–Crippen LogP) is 2.27. The number of hydrogen-bond acceptors (Lipinski definition) is 2. The number of aliphatic hydroxyl groups excluding tert-OH is 1. The molecule has 0 aromatic rings. The first-order valence-electron chi connectivity index (χ1n) is 6.54. The standard InChI is InChI=1S/C13H25NO/c1-11(2)12-8-14(9-12)13(10-15)6-4-3-5-7-13/h11-12,15H,3-10H2,1-2H3. The molecular formula is C13H25NO. The van der Waals surface area contributed by atoms with Crippen LogP contribution in [0.2, 0.25) is 0 Å². The van der Waals surface area contributed by atoms with Crippen molar-refractivity contribution in [3.8, 4) is 0 Å². The van der Waals surface area contributed by atoms with Gasteiger partial charge in [0.15, 0.2) is 0 Å². The molecular weight excluding hydrogens is 186 g/mol. The molecule has 0 aromatic heterocycles. The van der Waals surface area contributed by atoms with Crippen LogP contribution in [0.5, 0.6) is 0 Å². The van der Waals surface area contributed by atoms with E-state index in [0.717, 1.165) is 11.8 Å². The monoisotopic (exact) mass is 211 g/mol. The highest BCUT2D eigenvalue weighted by atomic mass is 16.3. The van der Waals surface area contributed by atoms with E-state index in [1.807, 2.05) is 0 Å². The molecule has 0 bridgehead atoms. The van der Waals surface area contributed by atoms with Crippen molar-refractivity contribution in [2.75, 3.05) is 19.7 Å². The zero-order valence-corrected chi connectivity index (χ0v) is 10.2. The van der Waals surface area contributed by atoms with E-state index in [9.17, 15) is 5.11 Å². The summed E-state index contributed by atoms with van der Waals surface area (Å²) in [7, 11) is 0. The fraction of sp³-hybridized carbons (Fsp3) is 1.00. The SMILES string of the molecule is CC(C)C1CN(C2(CO)CCCCC2)C1. The van der Waals surface area contributed by atoms with Gasteiger partial charge in [-0.2, -0.15) is 0 Å². The van der Waals surface area contributed by atoms with Gasteiger partial charge < -0.3 is 5.11 Å². The molecule has 0 atom stereocenters. The van der Waals surface area contributed by atoms with Crippen LogP contribution in [0.3, 0.4) is 0 Å². The van der Waals surface area contributed by atoms with E-state index in [1.165, 1.54) is 45.2 Å². The number of aliphatic hydroxyl groups is 1. The van der Waals surface area contributed by atoms with Crippen molar-refractivity contribution in [3.63, 3.8) is 0 Å². The van der Waals surface area contributed by atoms with Gasteiger partial charge in [-0.1, -0.05) is 33.1 Å². The first-order chi connectivity index (χ1) is 7.18. The third-order valence-corrected chi connectivity index (χ3v) is 4.60. The summed E-state index contributed by atoms with van der Waals surface area (Å²) in [6.07, 6.45) is 6.42. The molecule has 2 fully saturated rings. The quantitative estimate of drug-likeness (QED) is 0.774. The van der Waals surface area contributed by atoms with Crippen molar-refractivity contribution in [2.24, 2.45) is 11.8 Å². The minimum Gasteiger partial charge on any atom is -0.394 e. The number of likely N-dealkylation sites (tertiary alicyclic amines) is 1. The van der Waals surface area contributed by atoms with Crippen molar-refractivity contribution < 1.29 is 5.11 Å². The second kappa shape index (κ2) is 4.42. The van der Waals surface area contributed by atoms with E-state index in [0.29, 0.717) is 6.61 Å². The summed E-state index contributed by atoms with van der Waals surface area (Å²) in [5, 5.41) is 9.66. The molecule has 2 heteroatoms.